The van der Waals surface area contributed by atoms with Crippen LogP contribution in [0.3, 0.4) is 0 Å². The molecule has 1 aliphatic carbocycles. The Balaban J connectivity index is 1.40. The Kier molecular flexibility index (Phi) is 6.53. The van der Waals surface area contributed by atoms with Crippen molar-refractivity contribution in [2.45, 2.75) is 38.1 Å². The first-order valence-corrected chi connectivity index (χ1v) is 11.8. The zero-order valence-corrected chi connectivity index (χ0v) is 19.5. The number of fused-ring (bicyclic) bond motifs is 5. The van der Waals surface area contributed by atoms with Crippen LogP contribution in [0.5, 0.6) is 17.2 Å². The van der Waals surface area contributed by atoms with Gasteiger partial charge in [-0.05, 0) is 61.2 Å². The van der Waals surface area contributed by atoms with Crippen molar-refractivity contribution in [3.05, 3.63) is 53.6 Å². The molecule has 1 saturated carbocycles. The zero-order valence-electron chi connectivity index (χ0n) is 19.5. The maximum Gasteiger partial charge on any atom is 0.234 e. The molecule has 7 heteroatoms. The third-order valence-corrected chi connectivity index (χ3v) is 6.59. The minimum absolute atomic E-state index is 0.00424. The Morgan fingerprint density at radius 1 is 1.09 bits per heavy atom. The van der Waals surface area contributed by atoms with Gasteiger partial charge in [-0.2, -0.15) is 0 Å². The fourth-order valence-electron chi connectivity index (χ4n) is 4.77. The van der Waals surface area contributed by atoms with Gasteiger partial charge in [-0.25, -0.2) is 0 Å². The van der Waals surface area contributed by atoms with Crippen LogP contribution in [0.25, 0.3) is 0 Å². The van der Waals surface area contributed by atoms with Crippen molar-refractivity contribution in [3.63, 3.8) is 0 Å². The second kappa shape index (κ2) is 9.71. The number of ether oxygens (including phenoxy) is 3. The maximum atomic E-state index is 12.9. The van der Waals surface area contributed by atoms with Crippen molar-refractivity contribution < 1.29 is 19.0 Å². The highest BCUT2D eigenvalue weighted by atomic mass is 16.5. The minimum atomic E-state index is -0.0247. The molecule has 5 rings (SSSR count). The van der Waals surface area contributed by atoms with Crippen molar-refractivity contribution in [1.82, 2.24) is 15.1 Å². The minimum Gasteiger partial charge on any atom is -0.493 e. The molecule has 2 aromatic carbocycles. The maximum absolute atomic E-state index is 12.9. The number of nitrogens with one attached hydrogen (secondary N) is 1. The molecule has 7 nitrogen and oxygen atoms in total. The Bertz CT molecular complexity index is 993. The standard InChI is InChI=1S/C26H33N3O4/c1-28-12-19-8-9-23(31-2)24(11-19)33-21-5-3-4-20(10-21)17-32-25-15-29(13-18-6-7-18)14-22(25)27-26(30)16-28/h3-5,8-11,18,22,25H,6-7,12-17H2,1-2H3,(H,27,30)/t22-,25-/m0/s1. The molecule has 0 spiro atoms. The van der Waals surface area contributed by atoms with Crippen LogP contribution >= 0.6 is 0 Å². The number of rotatable bonds is 3. The van der Waals surface area contributed by atoms with Crippen LogP contribution in [0, 0.1) is 5.92 Å². The predicted molar refractivity (Wildman–Crippen MR) is 126 cm³/mol. The van der Waals surface area contributed by atoms with E-state index in [2.05, 4.69) is 10.2 Å². The molecular weight excluding hydrogens is 418 g/mol. The molecular formula is C26H33N3O4. The number of likely N-dealkylation sites (N-methyl/N-ethyl adjacent to an activating group) is 1. The first-order valence-electron chi connectivity index (χ1n) is 11.8. The highest BCUT2D eigenvalue weighted by Gasteiger charge is 2.37. The van der Waals surface area contributed by atoms with Crippen molar-refractivity contribution in [1.29, 1.82) is 0 Å². The topological polar surface area (TPSA) is 63.3 Å². The average molecular weight is 452 g/mol. The van der Waals surface area contributed by atoms with E-state index in [4.69, 9.17) is 14.2 Å². The van der Waals surface area contributed by atoms with E-state index >= 15 is 0 Å². The number of likely N-dealkylation sites (tertiary alicyclic amines) is 1. The summed E-state index contributed by atoms with van der Waals surface area (Å²) in [5.41, 5.74) is 2.10. The molecule has 2 fully saturated rings. The van der Waals surface area contributed by atoms with Gasteiger partial charge in [0.05, 0.1) is 32.4 Å². The van der Waals surface area contributed by atoms with Crippen LogP contribution in [0.1, 0.15) is 24.0 Å². The highest BCUT2D eigenvalue weighted by molar-refractivity contribution is 5.78. The third-order valence-electron chi connectivity index (χ3n) is 6.59. The third kappa shape index (κ3) is 5.66. The van der Waals surface area contributed by atoms with Crippen molar-refractivity contribution in [3.8, 4) is 17.2 Å². The molecule has 2 heterocycles. The number of benzene rings is 2. The normalized spacial score (nSPS) is 24.6. The number of carbonyl (C=O) groups excluding carboxylic acids is 1. The summed E-state index contributed by atoms with van der Waals surface area (Å²) < 4.78 is 18.1. The number of carbonyl (C=O) groups is 1. The van der Waals surface area contributed by atoms with Crippen LogP contribution in [0.15, 0.2) is 42.5 Å². The summed E-state index contributed by atoms with van der Waals surface area (Å²) >= 11 is 0. The lowest BCUT2D eigenvalue weighted by atomic mass is 10.1. The van der Waals surface area contributed by atoms with E-state index in [1.165, 1.54) is 12.8 Å². The van der Waals surface area contributed by atoms with E-state index < -0.39 is 0 Å². The molecule has 0 aromatic heterocycles. The highest BCUT2D eigenvalue weighted by Crippen LogP contribution is 2.34. The van der Waals surface area contributed by atoms with E-state index in [1.807, 2.05) is 54.4 Å². The van der Waals surface area contributed by atoms with Gasteiger partial charge in [0.25, 0.3) is 0 Å². The van der Waals surface area contributed by atoms with Crippen LogP contribution in [0.2, 0.25) is 0 Å². The van der Waals surface area contributed by atoms with E-state index in [0.717, 1.165) is 42.4 Å². The largest absolute Gasteiger partial charge is 0.493 e. The van der Waals surface area contributed by atoms with E-state index in [9.17, 15) is 4.79 Å². The fraction of sp³-hybridized carbons (Fsp3) is 0.500. The first-order chi connectivity index (χ1) is 16.1. The zero-order chi connectivity index (χ0) is 22.8. The monoisotopic (exact) mass is 451 g/mol. The van der Waals surface area contributed by atoms with Crippen LogP contribution < -0.4 is 14.8 Å². The molecule has 33 heavy (non-hydrogen) atoms. The summed E-state index contributed by atoms with van der Waals surface area (Å²) in [6.07, 6.45) is 2.62. The molecule has 3 aliphatic rings. The first kappa shape index (κ1) is 22.2. The molecule has 2 aliphatic heterocycles. The summed E-state index contributed by atoms with van der Waals surface area (Å²) in [4.78, 5) is 17.3. The average Bonchev–Trinajstić information content (AvgIpc) is 3.52. The second-order valence-corrected chi connectivity index (χ2v) is 9.59. The number of amides is 1. The van der Waals surface area contributed by atoms with E-state index in [1.54, 1.807) is 7.11 Å². The number of hydrogen-bond donors (Lipinski definition) is 1. The molecule has 1 amide bonds. The molecule has 4 bridgehead atoms. The molecule has 2 aromatic rings. The van der Waals surface area contributed by atoms with Crippen LogP contribution in [0.4, 0.5) is 0 Å². The molecule has 176 valence electrons. The summed E-state index contributed by atoms with van der Waals surface area (Å²) in [6, 6.07) is 13.9. The smallest absolute Gasteiger partial charge is 0.234 e. The Labute approximate surface area is 195 Å². The second-order valence-electron chi connectivity index (χ2n) is 9.59. The number of methoxy groups -OCH3 is 1. The summed E-state index contributed by atoms with van der Waals surface area (Å²) in [5.74, 6) is 2.92. The van der Waals surface area contributed by atoms with Gasteiger partial charge in [0.15, 0.2) is 11.5 Å². The molecule has 1 N–H and O–H groups in total. The Hall–Kier alpha value is -2.61. The van der Waals surface area contributed by atoms with E-state index in [-0.39, 0.29) is 18.1 Å². The molecule has 0 radical (unpaired) electrons. The SMILES string of the molecule is COc1ccc2cc1Oc1cccc(c1)CO[C@H]1CN(CC3CC3)C[C@@H]1NC(=O)CN(C)C2. The van der Waals surface area contributed by atoms with Gasteiger partial charge >= 0.3 is 0 Å². The molecule has 2 atom stereocenters. The molecule has 0 unspecified atom stereocenters. The summed E-state index contributed by atoms with van der Waals surface area (Å²) in [5, 5.41) is 3.25. The number of nitrogens with zero attached hydrogens (tertiary/aromatic N) is 2. The quantitative estimate of drug-likeness (QED) is 0.774. The summed E-state index contributed by atoms with van der Waals surface area (Å²) in [6.45, 7) is 4.24. The fourth-order valence-corrected chi connectivity index (χ4v) is 4.77. The van der Waals surface area contributed by atoms with Gasteiger partial charge in [-0.15, -0.1) is 0 Å². The Morgan fingerprint density at radius 2 is 1.97 bits per heavy atom. The van der Waals surface area contributed by atoms with Gasteiger partial charge in [0.2, 0.25) is 5.91 Å². The van der Waals surface area contributed by atoms with Gasteiger partial charge in [-0.3, -0.25) is 14.6 Å². The van der Waals surface area contributed by atoms with E-state index in [0.29, 0.717) is 31.2 Å². The van der Waals surface area contributed by atoms with Gasteiger partial charge < -0.3 is 19.5 Å². The van der Waals surface area contributed by atoms with Crippen molar-refractivity contribution in [2.24, 2.45) is 5.92 Å². The summed E-state index contributed by atoms with van der Waals surface area (Å²) in [7, 11) is 3.60. The van der Waals surface area contributed by atoms with Gasteiger partial charge in [0, 0.05) is 26.2 Å². The molecule has 1 saturated heterocycles. The van der Waals surface area contributed by atoms with Gasteiger partial charge in [0.1, 0.15) is 5.75 Å². The lowest BCUT2D eigenvalue weighted by Crippen LogP contribution is -2.47. The lowest BCUT2D eigenvalue weighted by molar-refractivity contribution is -0.123. The van der Waals surface area contributed by atoms with Gasteiger partial charge in [-0.1, -0.05) is 18.2 Å². The predicted octanol–water partition coefficient (Wildman–Crippen LogP) is 3.03. The van der Waals surface area contributed by atoms with Crippen LogP contribution in [-0.2, 0) is 22.7 Å². The lowest BCUT2D eigenvalue weighted by Gasteiger charge is -2.23. The Morgan fingerprint density at radius 3 is 2.79 bits per heavy atom. The number of hydrogen-bond acceptors (Lipinski definition) is 6. The van der Waals surface area contributed by atoms with Crippen molar-refractivity contribution >= 4 is 5.91 Å². The van der Waals surface area contributed by atoms with Crippen molar-refractivity contribution in [2.75, 3.05) is 40.3 Å². The van der Waals surface area contributed by atoms with Crippen LogP contribution in [-0.4, -0.2) is 68.2 Å².